The van der Waals surface area contributed by atoms with Crippen LogP contribution in [0.25, 0.3) is 0 Å². The van der Waals surface area contributed by atoms with Crippen LogP contribution < -0.4 is 0 Å². The maximum absolute atomic E-state index is 13.4. The van der Waals surface area contributed by atoms with Gasteiger partial charge in [-0.25, -0.2) is 9.37 Å². The topological polar surface area (TPSA) is 25.8 Å². The fourth-order valence-corrected chi connectivity index (χ4v) is 2.84. The zero-order chi connectivity index (χ0) is 11.5. The third-order valence-corrected chi connectivity index (χ3v) is 3.79. The molecule has 1 heterocycles. The van der Waals surface area contributed by atoms with E-state index in [0.717, 1.165) is 10.2 Å². The number of benzene rings is 1. The summed E-state index contributed by atoms with van der Waals surface area (Å²) in [6.07, 6.45) is 0. The van der Waals surface area contributed by atoms with E-state index in [1.54, 1.807) is 12.1 Å². The van der Waals surface area contributed by atoms with Crippen LogP contribution in [0.4, 0.5) is 4.39 Å². The third kappa shape index (κ3) is 2.59. The lowest BCUT2D eigenvalue weighted by atomic mass is 10.2. The lowest BCUT2D eigenvalue weighted by Crippen LogP contribution is -1.89. The number of nitrogens with zero attached hydrogens (tertiary/aromatic N) is 2. The van der Waals surface area contributed by atoms with Crippen LogP contribution in [0.2, 0.25) is 0 Å². The number of rotatable bonds is 3. The molecule has 1 aromatic heterocycles. The van der Waals surface area contributed by atoms with Gasteiger partial charge in [-0.15, -0.1) is 0 Å². The summed E-state index contributed by atoms with van der Waals surface area (Å²) in [6.45, 7) is 4.08. The van der Waals surface area contributed by atoms with E-state index in [4.69, 9.17) is 0 Å². The van der Waals surface area contributed by atoms with E-state index in [9.17, 15) is 4.39 Å². The molecule has 2 rings (SSSR count). The van der Waals surface area contributed by atoms with Crippen molar-refractivity contribution < 1.29 is 4.39 Å². The number of hydrogen-bond donors (Lipinski definition) is 0. The van der Waals surface area contributed by atoms with Gasteiger partial charge in [0.2, 0.25) is 0 Å². The van der Waals surface area contributed by atoms with Crippen molar-refractivity contribution in [3.63, 3.8) is 0 Å². The summed E-state index contributed by atoms with van der Waals surface area (Å²) in [4.78, 5) is 4.94. The van der Waals surface area contributed by atoms with Crippen LogP contribution in [0.15, 0.2) is 33.5 Å². The first-order chi connectivity index (χ1) is 7.66. The average molecular weight is 254 g/mol. The van der Waals surface area contributed by atoms with Crippen molar-refractivity contribution in [2.45, 2.75) is 29.0 Å². The van der Waals surface area contributed by atoms with Crippen molar-refractivity contribution in [3.8, 4) is 0 Å². The molecule has 2 aromatic rings. The summed E-state index contributed by atoms with van der Waals surface area (Å²) in [5, 5.41) is 0. The largest absolute Gasteiger partial charge is 0.212 e. The molecule has 0 N–H and O–H groups in total. The minimum atomic E-state index is -0.214. The van der Waals surface area contributed by atoms with Gasteiger partial charge in [0.05, 0.1) is 4.90 Å². The smallest absolute Gasteiger partial charge is 0.174 e. The molecule has 0 spiro atoms. The molecule has 2 nitrogen and oxygen atoms in total. The molecule has 0 unspecified atom stereocenters. The lowest BCUT2D eigenvalue weighted by molar-refractivity contribution is 0.602. The minimum absolute atomic E-state index is 0.214. The maximum Gasteiger partial charge on any atom is 0.174 e. The fraction of sp³-hybridized carbons (Fsp3) is 0.273. The normalized spacial score (nSPS) is 11.0. The predicted octanol–water partition coefficient (Wildman–Crippen LogP) is 3.95. The standard InChI is InChI=1S/C11H11FN2S2/c1-7(2)10-13-11(16-14-10)15-9-6-4-3-5-8(9)12/h3-7H,1-2H3. The second kappa shape index (κ2) is 4.93. The molecule has 0 atom stereocenters. The van der Waals surface area contributed by atoms with E-state index in [0.29, 0.717) is 10.8 Å². The molecule has 0 saturated heterocycles. The Morgan fingerprint density at radius 1 is 1.31 bits per heavy atom. The first kappa shape index (κ1) is 11.5. The molecule has 5 heteroatoms. The Morgan fingerprint density at radius 3 is 2.69 bits per heavy atom. The molecule has 0 aliphatic heterocycles. The van der Waals surface area contributed by atoms with Crippen LogP contribution >= 0.6 is 23.3 Å². The van der Waals surface area contributed by atoms with Crippen molar-refractivity contribution in [2.75, 3.05) is 0 Å². The highest BCUT2D eigenvalue weighted by Gasteiger charge is 2.10. The Labute approximate surface area is 102 Å². The molecule has 0 saturated carbocycles. The van der Waals surface area contributed by atoms with Gasteiger partial charge < -0.3 is 0 Å². The first-order valence-electron chi connectivity index (χ1n) is 4.93. The molecular weight excluding hydrogens is 243 g/mol. The van der Waals surface area contributed by atoms with Crippen LogP contribution in [-0.4, -0.2) is 9.36 Å². The van der Waals surface area contributed by atoms with Gasteiger partial charge in [-0.3, -0.25) is 0 Å². The Hall–Kier alpha value is -0.940. The molecule has 0 aliphatic carbocycles. The van der Waals surface area contributed by atoms with Gasteiger partial charge in [-0.05, 0) is 23.7 Å². The lowest BCUT2D eigenvalue weighted by Gasteiger charge is -1.98. The van der Waals surface area contributed by atoms with Crippen LogP contribution in [0.5, 0.6) is 0 Å². The summed E-state index contributed by atoms with van der Waals surface area (Å²) >= 11 is 2.64. The molecule has 16 heavy (non-hydrogen) atoms. The van der Waals surface area contributed by atoms with Crippen molar-refractivity contribution in [1.82, 2.24) is 9.36 Å². The number of hydrogen-bond acceptors (Lipinski definition) is 4. The molecule has 0 bridgehead atoms. The summed E-state index contributed by atoms with van der Waals surface area (Å²) in [6, 6.07) is 6.69. The minimum Gasteiger partial charge on any atom is -0.212 e. The Bertz CT molecular complexity index is 482. The van der Waals surface area contributed by atoms with E-state index >= 15 is 0 Å². The molecular formula is C11H11FN2S2. The van der Waals surface area contributed by atoms with Crippen molar-refractivity contribution >= 4 is 23.3 Å². The first-order valence-corrected chi connectivity index (χ1v) is 6.52. The van der Waals surface area contributed by atoms with Crippen LogP contribution in [0, 0.1) is 5.82 Å². The summed E-state index contributed by atoms with van der Waals surface area (Å²) in [5.74, 6) is 0.920. The molecule has 0 radical (unpaired) electrons. The highest BCUT2D eigenvalue weighted by atomic mass is 32.2. The molecule has 84 valence electrons. The highest BCUT2D eigenvalue weighted by molar-refractivity contribution is 8.01. The summed E-state index contributed by atoms with van der Waals surface area (Å²) in [7, 11) is 0. The predicted molar refractivity (Wildman–Crippen MR) is 64.5 cm³/mol. The van der Waals surface area contributed by atoms with E-state index in [1.807, 2.05) is 19.9 Å². The molecule has 1 aromatic carbocycles. The van der Waals surface area contributed by atoms with E-state index in [2.05, 4.69) is 9.36 Å². The quantitative estimate of drug-likeness (QED) is 0.829. The zero-order valence-electron chi connectivity index (χ0n) is 8.98. The van der Waals surface area contributed by atoms with Gasteiger partial charge in [0.25, 0.3) is 0 Å². The fourth-order valence-electron chi connectivity index (χ4n) is 1.12. The zero-order valence-corrected chi connectivity index (χ0v) is 10.6. The molecule has 0 amide bonds. The Kier molecular flexibility index (Phi) is 3.56. The maximum atomic E-state index is 13.4. The number of aromatic nitrogens is 2. The highest BCUT2D eigenvalue weighted by Crippen LogP contribution is 2.31. The van der Waals surface area contributed by atoms with Gasteiger partial charge >= 0.3 is 0 Å². The van der Waals surface area contributed by atoms with Gasteiger partial charge in [0.1, 0.15) is 11.6 Å². The van der Waals surface area contributed by atoms with Gasteiger partial charge in [0.15, 0.2) is 4.34 Å². The number of halogens is 1. The van der Waals surface area contributed by atoms with Gasteiger partial charge in [-0.2, -0.15) is 4.37 Å². The van der Waals surface area contributed by atoms with Crippen molar-refractivity contribution in [2.24, 2.45) is 0 Å². The van der Waals surface area contributed by atoms with E-state index < -0.39 is 0 Å². The molecule has 0 fully saturated rings. The Morgan fingerprint density at radius 2 is 2.06 bits per heavy atom. The van der Waals surface area contributed by atoms with Gasteiger partial charge in [0, 0.05) is 5.92 Å². The SMILES string of the molecule is CC(C)c1nsc(Sc2ccccc2F)n1. The van der Waals surface area contributed by atoms with Gasteiger partial charge in [-0.1, -0.05) is 37.7 Å². The monoisotopic (exact) mass is 254 g/mol. The van der Waals surface area contributed by atoms with Crippen LogP contribution in [0.3, 0.4) is 0 Å². The third-order valence-electron chi connectivity index (χ3n) is 1.97. The van der Waals surface area contributed by atoms with Crippen molar-refractivity contribution in [1.29, 1.82) is 0 Å². The summed E-state index contributed by atoms with van der Waals surface area (Å²) < 4.78 is 18.4. The van der Waals surface area contributed by atoms with Crippen molar-refractivity contribution in [3.05, 3.63) is 35.9 Å². The Balaban J connectivity index is 2.18. The van der Waals surface area contributed by atoms with Crippen LogP contribution in [0.1, 0.15) is 25.6 Å². The summed E-state index contributed by atoms with van der Waals surface area (Å²) in [5.41, 5.74) is 0. The van der Waals surface area contributed by atoms with E-state index in [-0.39, 0.29) is 5.82 Å². The second-order valence-electron chi connectivity index (χ2n) is 3.61. The van der Waals surface area contributed by atoms with E-state index in [1.165, 1.54) is 29.4 Å². The average Bonchev–Trinajstić information content (AvgIpc) is 2.70. The second-order valence-corrected chi connectivity index (χ2v) is 5.65. The molecule has 0 aliphatic rings. The van der Waals surface area contributed by atoms with Crippen LogP contribution in [-0.2, 0) is 0 Å².